The summed E-state index contributed by atoms with van der Waals surface area (Å²) in [5.41, 5.74) is 6.63. The monoisotopic (exact) mass is 363 g/mol. The van der Waals surface area contributed by atoms with Crippen molar-refractivity contribution in [2.75, 3.05) is 26.2 Å². The summed E-state index contributed by atoms with van der Waals surface area (Å²) in [7, 11) is 0. The third-order valence-electron chi connectivity index (χ3n) is 5.11. The van der Waals surface area contributed by atoms with E-state index in [0.717, 1.165) is 31.5 Å². The number of carbonyl (C=O) groups excluding carboxylic acids is 2. The number of ether oxygens (including phenoxy) is 1. The van der Waals surface area contributed by atoms with Gasteiger partial charge in [-0.2, -0.15) is 5.90 Å². The Balaban J connectivity index is 1.98. The Hall–Kier alpha value is -1.96. The van der Waals surface area contributed by atoms with Gasteiger partial charge in [0.1, 0.15) is 6.61 Å². The van der Waals surface area contributed by atoms with Crippen LogP contribution in [0.4, 0.5) is 0 Å². The summed E-state index contributed by atoms with van der Waals surface area (Å²) >= 11 is 0. The molecule has 1 aromatic carbocycles. The fourth-order valence-electron chi connectivity index (χ4n) is 3.23. The maximum Gasteiger partial charge on any atom is 0.328 e. The van der Waals surface area contributed by atoms with Gasteiger partial charge in [0.15, 0.2) is 0 Å². The smallest absolute Gasteiger partial charge is 0.328 e. The van der Waals surface area contributed by atoms with Crippen molar-refractivity contribution in [2.24, 2.45) is 29.4 Å². The van der Waals surface area contributed by atoms with E-state index in [4.69, 9.17) is 16.4 Å². The van der Waals surface area contributed by atoms with Crippen molar-refractivity contribution in [3.05, 3.63) is 35.9 Å². The van der Waals surface area contributed by atoms with E-state index in [1.165, 1.54) is 0 Å². The highest BCUT2D eigenvalue weighted by molar-refractivity contribution is 5.81. The van der Waals surface area contributed by atoms with Crippen molar-refractivity contribution < 1.29 is 19.2 Å². The van der Waals surface area contributed by atoms with Crippen LogP contribution < -0.4 is 11.6 Å². The largest absolute Gasteiger partial charge is 0.461 e. The quantitative estimate of drug-likeness (QED) is 0.525. The van der Waals surface area contributed by atoms with Gasteiger partial charge in [0.05, 0.1) is 11.8 Å². The van der Waals surface area contributed by atoms with Gasteiger partial charge in [-0.25, -0.2) is 0 Å². The first-order valence-corrected chi connectivity index (χ1v) is 9.08. The number of likely N-dealkylation sites (tertiary alicyclic amines) is 1. The van der Waals surface area contributed by atoms with E-state index < -0.39 is 23.8 Å². The molecule has 144 valence electrons. The molecule has 0 saturated carbocycles. The minimum absolute atomic E-state index is 0.176. The van der Waals surface area contributed by atoms with E-state index in [0.29, 0.717) is 19.0 Å². The Labute approximate surface area is 154 Å². The van der Waals surface area contributed by atoms with Gasteiger partial charge in [-0.05, 0) is 44.0 Å². The van der Waals surface area contributed by atoms with Crippen LogP contribution in [0.1, 0.15) is 25.3 Å². The predicted octanol–water partition coefficient (Wildman–Crippen LogP) is 1.07. The molecule has 0 spiro atoms. The van der Waals surface area contributed by atoms with Crippen molar-refractivity contribution in [1.29, 1.82) is 0 Å². The molecule has 1 saturated heterocycles. The summed E-state index contributed by atoms with van der Waals surface area (Å²) in [6.45, 7) is 4.67. The SMILES string of the molecule is CC(C(=O)ON)C(CN1CCC(CN)CC1)C(=O)OCc1ccccc1. The van der Waals surface area contributed by atoms with Crippen LogP contribution in [0.2, 0.25) is 0 Å². The number of esters is 1. The molecule has 2 rings (SSSR count). The molecular weight excluding hydrogens is 334 g/mol. The Morgan fingerprint density at radius 3 is 2.42 bits per heavy atom. The zero-order valence-electron chi connectivity index (χ0n) is 15.3. The highest BCUT2D eigenvalue weighted by atomic mass is 16.7. The number of rotatable bonds is 8. The second-order valence-corrected chi connectivity index (χ2v) is 6.91. The molecule has 7 heteroatoms. The van der Waals surface area contributed by atoms with Gasteiger partial charge in [-0.1, -0.05) is 37.3 Å². The number of hydrogen-bond acceptors (Lipinski definition) is 7. The van der Waals surface area contributed by atoms with Crippen LogP contribution in [-0.2, 0) is 25.8 Å². The fraction of sp³-hybridized carbons (Fsp3) is 0.579. The standard InChI is InChI=1S/C19H29N3O4/c1-14(18(23)26-21)17(12-22-9-7-15(11-20)8-10-22)19(24)25-13-16-5-3-2-4-6-16/h2-6,14-15,17H,7-13,20-21H2,1H3. The Morgan fingerprint density at radius 2 is 1.85 bits per heavy atom. The zero-order valence-corrected chi connectivity index (χ0v) is 15.3. The van der Waals surface area contributed by atoms with E-state index >= 15 is 0 Å². The van der Waals surface area contributed by atoms with Crippen LogP contribution in [0.5, 0.6) is 0 Å². The molecule has 2 unspecified atom stereocenters. The molecule has 0 radical (unpaired) electrons. The van der Waals surface area contributed by atoms with Crippen molar-refractivity contribution in [2.45, 2.75) is 26.4 Å². The van der Waals surface area contributed by atoms with Crippen LogP contribution in [0.25, 0.3) is 0 Å². The van der Waals surface area contributed by atoms with E-state index in [1.807, 2.05) is 30.3 Å². The van der Waals surface area contributed by atoms with Crippen molar-refractivity contribution in [3.8, 4) is 0 Å². The summed E-state index contributed by atoms with van der Waals surface area (Å²) in [6.07, 6.45) is 2.00. The van der Waals surface area contributed by atoms with Gasteiger partial charge >= 0.3 is 11.9 Å². The molecule has 0 aliphatic carbocycles. The second-order valence-electron chi connectivity index (χ2n) is 6.91. The van der Waals surface area contributed by atoms with E-state index in [2.05, 4.69) is 9.74 Å². The van der Waals surface area contributed by atoms with E-state index in [-0.39, 0.29) is 6.61 Å². The van der Waals surface area contributed by atoms with Gasteiger partial charge in [-0.3, -0.25) is 9.59 Å². The Morgan fingerprint density at radius 1 is 1.19 bits per heavy atom. The van der Waals surface area contributed by atoms with E-state index in [9.17, 15) is 9.59 Å². The first-order valence-electron chi connectivity index (χ1n) is 9.08. The highest BCUT2D eigenvalue weighted by Crippen LogP contribution is 2.22. The normalized spacial score (nSPS) is 18.1. The second kappa shape index (κ2) is 10.3. The third kappa shape index (κ3) is 5.79. The first kappa shape index (κ1) is 20.4. The van der Waals surface area contributed by atoms with Crippen LogP contribution in [-0.4, -0.2) is 43.0 Å². The lowest BCUT2D eigenvalue weighted by atomic mass is 9.91. The Kier molecular flexibility index (Phi) is 8.03. The molecule has 1 aliphatic heterocycles. The van der Waals surface area contributed by atoms with Crippen LogP contribution in [0, 0.1) is 17.8 Å². The lowest BCUT2D eigenvalue weighted by Crippen LogP contribution is -2.44. The van der Waals surface area contributed by atoms with Gasteiger partial charge in [0.2, 0.25) is 0 Å². The molecule has 26 heavy (non-hydrogen) atoms. The molecule has 1 heterocycles. The molecule has 0 aromatic heterocycles. The molecule has 4 N–H and O–H groups in total. The van der Waals surface area contributed by atoms with Crippen molar-refractivity contribution >= 4 is 11.9 Å². The van der Waals surface area contributed by atoms with E-state index in [1.54, 1.807) is 6.92 Å². The maximum atomic E-state index is 12.7. The lowest BCUT2D eigenvalue weighted by Gasteiger charge is -2.34. The maximum absolute atomic E-state index is 12.7. The van der Waals surface area contributed by atoms with Crippen molar-refractivity contribution in [3.63, 3.8) is 0 Å². The van der Waals surface area contributed by atoms with Gasteiger partial charge in [0, 0.05) is 6.54 Å². The lowest BCUT2D eigenvalue weighted by molar-refractivity contribution is -0.162. The van der Waals surface area contributed by atoms with Gasteiger partial charge in [0.25, 0.3) is 0 Å². The van der Waals surface area contributed by atoms with Crippen LogP contribution in [0.15, 0.2) is 30.3 Å². The molecule has 1 fully saturated rings. The zero-order chi connectivity index (χ0) is 18.9. The number of nitrogens with zero attached hydrogens (tertiary/aromatic N) is 1. The summed E-state index contributed by atoms with van der Waals surface area (Å²) in [6, 6.07) is 9.45. The number of carbonyl (C=O) groups is 2. The predicted molar refractivity (Wildman–Crippen MR) is 97.4 cm³/mol. The molecule has 2 atom stereocenters. The number of hydrogen-bond donors (Lipinski definition) is 2. The molecule has 1 aromatic rings. The summed E-state index contributed by atoms with van der Waals surface area (Å²) in [5, 5.41) is 0. The molecule has 7 nitrogen and oxygen atoms in total. The first-order chi connectivity index (χ1) is 12.5. The average molecular weight is 363 g/mol. The van der Waals surface area contributed by atoms with Crippen LogP contribution in [0.3, 0.4) is 0 Å². The van der Waals surface area contributed by atoms with Gasteiger partial charge < -0.3 is 20.2 Å². The topological polar surface area (TPSA) is 108 Å². The third-order valence-corrected chi connectivity index (χ3v) is 5.11. The summed E-state index contributed by atoms with van der Waals surface area (Å²) in [5.74, 6) is 3.24. The molecule has 0 bridgehead atoms. The summed E-state index contributed by atoms with van der Waals surface area (Å²) < 4.78 is 5.46. The molecular formula is C19H29N3O4. The average Bonchev–Trinajstić information content (AvgIpc) is 2.70. The minimum atomic E-state index is -0.671. The number of benzene rings is 1. The molecule has 1 aliphatic rings. The Bertz CT molecular complexity index is 573. The minimum Gasteiger partial charge on any atom is -0.461 e. The van der Waals surface area contributed by atoms with Gasteiger partial charge in [-0.15, -0.1) is 0 Å². The van der Waals surface area contributed by atoms with Crippen molar-refractivity contribution in [1.82, 2.24) is 4.90 Å². The summed E-state index contributed by atoms with van der Waals surface area (Å²) in [4.78, 5) is 31.1. The highest BCUT2D eigenvalue weighted by Gasteiger charge is 2.35. The van der Waals surface area contributed by atoms with Crippen LogP contribution >= 0.6 is 0 Å². The number of nitrogens with two attached hydrogens (primary N) is 2. The fourth-order valence-corrected chi connectivity index (χ4v) is 3.23. The number of piperidine rings is 1. The molecule has 0 amide bonds.